The zero-order valence-corrected chi connectivity index (χ0v) is 12.1. The fraction of sp³-hybridized carbons (Fsp3) is 0.545. The predicted octanol–water partition coefficient (Wildman–Crippen LogP) is 2.37. The minimum Gasteiger partial charge on any atom is -0.317 e. The van der Waals surface area contributed by atoms with Crippen LogP contribution in [0, 0.1) is 5.92 Å². The molecule has 2 rings (SSSR count). The standard InChI is InChI=1S/C11H14Br2N2O/c12-9-5-10(13)11(16)15(7-9)6-8-1-3-14-4-2-8/h5,7-8,14H,1-4,6H2. The summed E-state index contributed by atoms with van der Waals surface area (Å²) in [5.74, 6) is 0.611. The molecule has 0 radical (unpaired) electrons. The van der Waals surface area contributed by atoms with Crippen LogP contribution in [-0.4, -0.2) is 17.7 Å². The van der Waals surface area contributed by atoms with E-state index in [-0.39, 0.29) is 5.56 Å². The van der Waals surface area contributed by atoms with Crippen LogP contribution >= 0.6 is 31.9 Å². The Labute approximate surface area is 111 Å². The first-order chi connectivity index (χ1) is 7.66. The minimum absolute atomic E-state index is 0.0572. The molecular weight excluding hydrogens is 336 g/mol. The van der Waals surface area contributed by atoms with Crippen molar-refractivity contribution in [2.75, 3.05) is 13.1 Å². The molecule has 1 aromatic rings. The highest BCUT2D eigenvalue weighted by atomic mass is 79.9. The molecule has 1 fully saturated rings. The summed E-state index contributed by atoms with van der Waals surface area (Å²) in [4.78, 5) is 11.9. The molecule has 2 heterocycles. The van der Waals surface area contributed by atoms with Gasteiger partial charge in [0.05, 0.1) is 4.47 Å². The van der Waals surface area contributed by atoms with Gasteiger partial charge < -0.3 is 9.88 Å². The van der Waals surface area contributed by atoms with Crippen LogP contribution in [0.15, 0.2) is 26.0 Å². The van der Waals surface area contributed by atoms with E-state index in [0.717, 1.165) is 36.9 Å². The molecule has 0 aromatic carbocycles. The molecule has 0 unspecified atom stereocenters. The van der Waals surface area contributed by atoms with Gasteiger partial charge in [-0.25, -0.2) is 0 Å². The van der Waals surface area contributed by atoms with Crippen molar-refractivity contribution < 1.29 is 0 Å². The highest BCUT2D eigenvalue weighted by Crippen LogP contribution is 2.17. The second kappa shape index (κ2) is 5.47. The highest BCUT2D eigenvalue weighted by molar-refractivity contribution is 9.11. The van der Waals surface area contributed by atoms with E-state index in [1.54, 1.807) is 10.6 Å². The Bertz CT molecular complexity index is 424. The maximum absolute atomic E-state index is 11.9. The zero-order valence-electron chi connectivity index (χ0n) is 8.88. The molecule has 1 aromatic heterocycles. The van der Waals surface area contributed by atoms with Gasteiger partial charge >= 0.3 is 0 Å². The minimum atomic E-state index is 0.0572. The summed E-state index contributed by atoms with van der Waals surface area (Å²) in [6, 6.07) is 1.79. The van der Waals surface area contributed by atoms with Gasteiger partial charge in [0, 0.05) is 17.2 Å². The van der Waals surface area contributed by atoms with E-state index < -0.39 is 0 Å². The SMILES string of the molecule is O=c1c(Br)cc(Br)cn1CC1CCNCC1. The van der Waals surface area contributed by atoms with Crippen molar-refractivity contribution in [3.8, 4) is 0 Å². The van der Waals surface area contributed by atoms with E-state index in [0.29, 0.717) is 10.4 Å². The lowest BCUT2D eigenvalue weighted by Gasteiger charge is -2.23. The highest BCUT2D eigenvalue weighted by Gasteiger charge is 2.14. The van der Waals surface area contributed by atoms with Crippen LogP contribution in [0.4, 0.5) is 0 Å². The smallest absolute Gasteiger partial charge is 0.264 e. The summed E-state index contributed by atoms with van der Waals surface area (Å²) < 4.78 is 3.35. The van der Waals surface area contributed by atoms with Crippen molar-refractivity contribution in [3.05, 3.63) is 31.6 Å². The average Bonchev–Trinajstić information content (AvgIpc) is 2.27. The van der Waals surface area contributed by atoms with Crippen molar-refractivity contribution in [3.63, 3.8) is 0 Å². The Kier molecular flexibility index (Phi) is 4.21. The largest absolute Gasteiger partial charge is 0.317 e. The molecule has 16 heavy (non-hydrogen) atoms. The fourth-order valence-corrected chi connectivity index (χ4v) is 3.30. The molecule has 0 amide bonds. The lowest BCUT2D eigenvalue weighted by atomic mass is 9.98. The number of rotatable bonds is 2. The van der Waals surface area contributed by atoms with Crippen molar-refractivity contribution in [2.24, 2.45) is 5.92 Å². The third-order valence-electron chi connectivity index (χ3n) is 2.92. The Balaban J connectivity index is 2.17. The maximum Gasteiger partial charge on any atom is 0.264 e. The van der Waals surface area contributed by atoms with Gasteiger partial charge in [-0.3, -0.25) is 4.79 Å². The number of pyridine rings is 1. The van der Waals surface area contributed by atoms with Gasteiger partial charge in [0.2, 0.25) is 0 Å². The lowest BCUT2D eigenvalue weighted by molar-refractivity contribution is 0.329. The van der Waals surface area contributed by atoms with E-state index in [1.807, 2.05) is 6.20 Å². The van der Waals surface area contributed by atoms with E-state index in [4.69, 9.17) is 0 Å². The van der Waals surface area contributed by atoms with Crippen LogP contribution in [0.25, 0.3) is 0 Å². The van der Waals surface area contributed by atoms with Crippen molar-refractivity contribution in [1.82, 2.24) is 9.88 Å². The van der Waals surface area contributed by atoms with E-state index in [9.17, 15) is 4.79 Å². The zero-order chi connectivity index (χ0) is 11.5. The van der Waals surface area contributed by atoms with Crippen molar-refractivity contribution in [1.29, 1.82) is 0 Å². The number of nitrogens with zero attached hydrogens (tertiary/aromatic N) is 1. The molecule has 0 aliphatic carbocycles. The van der Waals surface area contributed by atoms with Crippen LogP contribution in [0.2, 0.25) is 0 Å². The number of aromatic nitrogens is 1. The second-order valence-electron chi connectivity index (χ2n) is 4.16. The third-order valence-corrected chi connectivity index (χ3v) is 3.92. The van der Waals surface area contributed by atoms with Gasteiger partial charge in [-0.1, -0.05) is 0 Å². The maximum atomic E-state index is 11.9. The van der Waals surface area contributed by atoms with Crippen LogP contribution in [-0.2, 0) is 6.54 Å². The molecular formula is C11H14Br2N2O. The van der Waals surface area contributed by atoms with Crippen molar-refractivity contribution in [2.45, 2.75) is 19.4 Å². The third kappa shape index (κ3) is 2.96. The van der Waals surface area contributed by atoms with Crippen LogP contribution in [0.1, 0.15) is 12.8 Å². The molecule has 0 spiro atoms. The van der Waals surface area contributed by atoms with Crippen molar-refractivity contribution >= 4 is 31.9 Å². The number of hydrogen-bond acceptors (Lipinski definition) is 2. The number of piperidine rings is 1. The molecule has 88 valence electrons. The first-order valence-corrected chi connectivity index (χ1v) is 7.01. The number of hydrogen-bond donors (Lipinski definition) is 1. The molecule has 0 saturated carbocycles. The summed E-state index contributed by atoms with van der Waals surface area (Å²) in [6.45, 7) is 2.95. The monoisotopic (exact) mass is 348 g/mol. The number of nitrogens with one attached hydrogen (secondary N) is 1. The average molecular weight is 350 g/mol. The molecule has 5 heteroatoms. The number of halogens is 2. The summed E-state index contributed by atoms with van der Waals surface area (Å²) in [6.07, 6.45) is 4.17. The van der Waals surface area contributed by atoms with Gasteiger partial charge in [-0.2, -0.15) is 0 Å². The Morgan fingerprint density at radius 2 is 2.06 bits per heavy atom. The molecule has 0 atom stereocenters. The van der Waals surface area contributed by atoms with Gasteiger partial charge in [0.1, 0.15) is 0 Å². The van der Waals surface area contributed by atoms with E-state index in [2.05, 4.69) is 37.2 Å². The molecule has 1 saturated heterocycles. The molecule has 1 aliphatic rings. The topological polar surface area (TPSA) is 34.0 Å². The fourth-order valence-electron chi connectivity index (χ4n) is 2.04. The predicted molar refractivity (Wildman–Crippen MR) is 71.7 cm³/mol. The molecule has 1 N–H and O–H groups in total. The Hall–Kier alpha value is -0.130. The van der Waals surface area contributed by atoms with Gasteiger partial charge in [0.25, 0.3) is 5.56 Å². The summed E-state index contributed by atoms with van der Waals surface area (Å²) in [5, 5.41) is 3.33. The Morgan fingerprint density at radius 3 is 2.75 bits per heavy atom. The summed E-state index contributed by atoms with van der Waals surface area (Å²) in [7, 11) is 0. The van der Waals surface area contributed by atoms with E-state index >= 15 is 0 Å². The van der Waals surface area contributed by atoms with Crippen LogP contribution < -0.4 is 10.9 Å². The van der Waals surface area contributed by atoms with Gasteiger partial charge in [0.15, 0.2) is 0 Å². The van der Waals surface area contributed by atoms with Gasteiger partial charge in [-0.15, -0.1) is 0 Å². The molecule has 0 bridgehead atoms. The van der Waals surface area contributed by atoms with Crippen LogP contribution in [0.5, 0.6) is 0 Å². The van der Waals surface area contributed by atoms with Crippen LogP contribution in [0.3, 0.4) is 0 Å². The lowest BCUT2D eigenvalue weighted by Crippen LogP contribution is -2.32. The first-order valence-electron chi connectivity index (χ1n) is 5.43. The summed E-state index contributed by atoms with van der Waals surface area (Å²) in [5.41, 5.74) is 0.0572. The quantitative estimate of drug-likeness (QED) is 0.889. The molecule has 3 nitrogen and oxygen atoms in total. The normalized spacial score (nSPS) is 17.6. The first kappa shape index (κ1) is 12.3. The second-order valence-corrected chi connectivity index (χ2v) is 5.93. The molecule has 1 aliphatic heterocycles. The van der Waals surface area contributed by atoms with E-state index in [1.165, 1.54) is 0 Å². The summed E-state index contributed by atoms with van der Waals surface area (Å²) >= 11 is 6.70. The Morgan fingerprint density at radius 1 is 1.38 bits per heavy atom. The van der Waals surface area contributed by atoms with Gasteiger partial charge in [-0.05, 0) is 69.8 Å².